The zero-order valence-electron chi connectivity index (χ0n) is 12.3. The summed E-state index contributed by atoms with van der Waals surface area (Å²) in [4.78, 5) is 14.6. The molecule has 0 aliphatic heterocycles. The molecule has 0 fully saturated rings. The topological polar surface area (TPSA) is 32.9 Å². The molecule has 1 aromatic heterocycles. The van der Waals surface area contributed by atoms with Gasteiger partial charge in [0.15, 0.2) is 6.29 Å². The van der Waals surface area contributed by atoms with Crippen LogP contribution < -0.4 is 0 Å². The van der Waals surface area contributed by atoms with Gasteiger partial charge < -0.3 is 4.98 Å². The molecule has 0 radical (unpaired) electrons. The Kier molecular flexibility index (Phi) is 3.46. The Morgan fingerprint density at radius 3 is 2.29 bits per heavy atom. The summed E-state index contributed by atoms with van der Waals surface area (Å²) in [5.74, 6) is 0. The molecule has 1 N–H and O–H groups in total. The minimum Gasteiger partial charge on any atom is -0.351 e. The fraction of sp³-hybridized carbons (Fsp3) is 0.167. The van der Waals surface area contributed by atoms with Gasteiger partial charge in [-0.2, -0.15) is 0 Å². The average molecular weight is 342 g/mol. The minimum atomic E-state index is 0.631. The number of hydrogen-bond acceptors (Lipinski definition) is 1. The summed E-state index contributed by atoms with van der Waals surface area (Å²) in [6.45, 7) is 6.32. The summed E-state index contributed by atoms with van der Waals surface area (Å²) in [6.07, 6.45) is 0.887. The molecule has 0 unspecified atom stereocenters. The Balaban J connectivity index is 2.40. The molecular formula is C18H16BrNO. The number of carbonyl (C=O) groups excluding carboxylic acids is 1. The summed E-state index contributed by atoms with van der Waals surface area (Å²) < 4.78 is 1.01. The molecule has 1 heterocycles. The van der Waals surface area contributed by atoms with Crippen molar-refractivity contribution in [2.24, 2.45) is 0 Å². The standard InChI is InChI=1S/C18H16BrNO/c1-10-6-11(2)17(12(3)7-10)18-15-8-13(19)4-5-14(15)16(9-21)20-18/h4-9,20H,1-3H3. The van der Waals surface area contributed by atoms with Crippen molar-refractivity contribution in [3.05, 3.63) is 57.2 Å². The zero-order chi connectivity index (χ0) is 15.1. The van der Waals surface area contributed by atoms with Crippen LogP contribution in [-0.2, 0) is 0 Å². The highest BCUT2D eigenvalue weighted by Gasteiger charge is 2.15. The number of nitrogens with one attached hydrogen (secondary N) is 1. The first kappa shape index (κ1) is 14.1. The van der Waals surface area contributed by atoms with E-state index in [1.807, 2.05) is 12.1 Å². The Hall–Kier alpha value is -1.87. The van der Waals surface area contributed by atoms with Crippen molar-refractivity contribution in [3.8, 4) is 11.3 Å². The highest BCUT2D eigenvalue weighted by atomic mass is 79.9. The lowest BCUT2D eigenvalue weighted by atomic mass is 9.95. The molecule has 0 saturated heterocycles. The number of aryl methyl sites for hydroxylation is 3. The third-order valence-corrected chi connectivity index (χ3v) is 4.34. The van der Waals surface area contributed by atoms with Crippen molar-refractivity contribution in [2.75, 3.05) is 0 Å². The van der Waals surface area contributed by atoms with E-state index in [1.54, 1.807) is 0 Å². The Labute approximate surface area is 132 Å². The van der Waals surface area contributed by atoms with E-state index in [4.69, 9.17) is 0 Å². The summed E-state index contributed by atoms with van der Waals surface area (Å²) in [7, 11) is 0. The van der Waals surface area contributed by atoms with E-state index in [1.165, 1.54) is 22.3 Å². The van der Waals surface area contributed by atoms with Gasteiger partial charge in [0, 0.05) is 20.8 Å². The van der Waals surface area contributed by atoms with Crippen LogP contribution in [0, 0.1) is 20.8 Å². The minimum absolute atomic E-state index is 0.631. The summed E-state index contributed by atoms with van der Waals surface area (Å²) in [5.41, 5.74) is 6.51. The molecule has 2 nitrogen and oxygen atoms in total. The number of halogens is 1. The first-order valence-electron chi connectivity index (χ1n) is 6.86. The van der Waals surface area contributed by atoms with Gasteiger partial charge in [0.2, 0.25) is 0 Å². The first-order chi connectivity index (χ1) is 10.0. The molecule has 0 spiro atoms. The second-order valence-electron chi connectivity index (χ2n) is 5.50. The van der Waals surface area contributed by atoms with Crippen molar-refractivity contribution in [1.29, 1.82) is 0 Å². The summed E-state index contributed by atoms with van der Waals surface area (Å²) in [6, 6.07) is 10.3. The van der Waals surface area contributed by atoms with Gasteiger partial charge in [-0.25, -0.2) is 0 Å². The molecule has 3 rings (SSSR count). The molecular weight excluding hydrogens is 326 g/mol. The maximum absolute atomic E-state index is 11.3. The second kappa shape index (κ2) is 5.15. The number of H-pyrrole nitrogens is 1. The van der Waals surface area contributed by atoms with Gasteiger partial charge in [-0.05, 0) is 44.0 Å². The lowest BCUT2D eigenvalue weighted by molar-refractivity contribution is 0.112. The van der Waals surface area contributed by atoms with Gasteiger partial charge in [-0.15, -0.1) is 0 Å². The smallest absolute Gasteiger partial charge is 0.166 e. The van der Waals surface area contributed by atoms with Gasteiger partial charge in [0.05, 0.1) is 11.4 Å². The molecule has 3 aromatic rings. The van der Waals surface area contributed by atoms with Crippen LogP contribution in [0.2, 0.25) is 0 Å². The number of aldehydes is 1. The quantitative estimate of drug-likeness (QED) is 0.627. The van der Waals surface area contributed by atoms with Crippen molar-refractivity contribution >= 4 is 33.0 Å². The predicted molar refractivity (Wildman–Crippen MR) is 91.0 cm³/mol. The number of aromatic nitrogens is 1. The molecule has 21 heavy (non-hydrogen) atoms. The van der Waals surface area contributed by atoms with Crippen molar-refractivity contribution in [2.45, 2.75) is 20.8 Å². The number of fused-ring (bicyclic) bond motifs is 1. The van der Waals surface area contributed by atoms with Crippen LogP contribution in [0.1, 0.15) is 27.2 Å². The first-order valence-corrected chi connectivity index (χ1v) is 7.65. The van der Waals surface area contributed by atoms with Crippen molar-refractivity contribution < 1.29 is 4.79 Å². The molecule has 0 saturated carbocycles. The fourth-order valence-electron chi connectivity index (χ4n) is 3.09. The molecule has 0 atom stereocenters. The van der Waals surface area contributed by atoms with Gasteiger partial charge in [0.1, 0.15) is 0 Å². The largest absolute Gasteiger partial charge is 0.351 e. The van der Waals surface area contributed by atoms with E-state index in [2.05, 4.69) is 59.9 Å². The van der Waals surface area contributed by atoms with E-state index >= 15 is 0 Å². The van der Waals surface area contributed by atoms with Crippen LogP contribution in [0.4, 0.5) is 0 Å². The maximum atomic E-state index is 11.3. The highest BCUT2D eigenvalue weighted by molar-refractivity contribution is 9.10. The Morgan fingerprint density at radius 2 is 1.67 bits per heavy atom. The average Bonchev–Trinajstić information content (AvgIpc) is 2.75. The van der Waals surface area contributed by atoms with Crippen molar-refractivity contribution in [1.82, 2.24) is 4.98 Å². The Bertz CT molecular complexity index is 838. The highest BCUT2D eigenvalue weighted by Crippen LogP contribution is 2.36. The van der Waals surface area contributed by atoms with E-state index in [0.29, 0.717) is 5.69 Å². The van der Waals surface area contributed by atoms with Crippen LogP contribution in [0.25, 0.3) is 22.0 Å². The van der Waals surface area contributed by atoms with Gasteiger partial charge in [-0.1, -0.05) is 39.7 Å². The molecule has 3 heteroatoms. The molecule has 106 valence electrons. The number of aromatic amines is 1. The van der Waals surface area contributed by atoms with Crippen LogP contribution in [0.5, 0.6) is 0 Å². The van der Waals surface area contributed by atoms with E-state index in [0.717, 1.165) is 27.2 Å². The van der Waals surface area contributed by atoms with Gasteiger partial charge >= 0.3 is 0 Å². The predicted octanol–water partition coefficient (Wildman–Crippen LogP) is 5.34. The molecule has 2 aromatic carbocycles. The fourth-order valence-corrected chi connectivity index (χ4v) is 3.45. The number of hydrogen-bond donors (Lipinski definition) is 1. The summed E-state index contributed by atoms with van der Waals surface area (Å²) in [5, 5.41) is 2.03. The van der Waals surface area contributed by atoms with Gasteiger partial charge in [0.25, 0.3) is 0 Å². The monoisotopic (exact) mass is 341 g/mol. The van der Waals surface area contributed by atoms with Crippen LogP contribution in [-0.4, -0.2) is 11.3 Å². The van der Waals surface area contributed by atoms with E-state index in [-0.39, 0.29) is 0 Å². The molecule has 0 amide bonds. The maximum Gasteiger partial charge on any atom is 0.166 e. The molecule has 0 aliphatic rings. The SMILES string of the molecule is Cc1cc(C)c(-c2[nH]c(C=O)c3ccc(Br)cc23)c(C)c1. The normalized spacial score (nSPS) is 11.0. The zero-order valence-corrected chi connectivity index (χ0v) is 13.8. The van der Waals surface area contributed by atoms with Crippen LogP contribution in [0.15, 0.2) is 34.8 Å². The molecule has 0 bridgehead atoms. The van der Waals surface area contributed by atoms with Gasteiger partial charge in [-0.3, -0.25) is 4.79 Å². The number of rotatable bonds is 2. The summed E-state index contributed by atoms with van der Waals surface area (Å²) >= 11 is 3.52. The third-order valence-electron chi connectivity index (χ3n) is 3.85. The van der Waals surface area contributed by atoms with Crippen LogP contribution in [0.3, 0.4) is 0 Å². The number of carbonyl (C=O) groups is 1. The van der Waals surface area contributed by atoms with E-state index < -0.39 is 0 Å². The second-order valence-corrected chi connectivity index (χ2v) is 6.41. The van der Waals surface area contributed by atoms with E-state index in [9.17, 15) is 4.79 Å². The lowest BCUT2D eigenvalue weighted by Gasteiger charge is -2.11. The number of benzene rings is 2. The Morgan fingerprint density at radius 1 is 1.00 bits per heavy atom. The third kappa shape index (κ3) is 2.32. The van der Waals surface area contributed by atoms with Crippen LogP contribution >= 0.6 is 15.9 Å². The lowest BCUT2D eigenvalue weighted by Crippen LogP contribution is -1.91. The molecule has 0 aliphatic carbocycles. The van der Waals surface area contributed by atoms with Crippen molar-refractivity contribution in [3.63, 3.8) is 0 Å².